The number of aliphatic hydroxyl groups is 1. The predicted molar refractivity (Wildman–Crippen MR) is 96.6 cm³/mol. The minimum absolute atomic E-state index is 0.134. The van der Waals surface area contributed by atoms with E-state index in [0.717, 1.165) is 22.3 Å². The maximum atomic E-state index is 12.1. The van der Waals surface area contributed by atoms with E-state index in [2.05, 4.69) is 15.6 Å². The minimum Gasteiger partial charge on any atom is -0.495 e. The quantitative estimate of drug-likeness (QED) is 0.753. The number of hydrogen-bond acceptors (Lipinski definition) is 4. The van der Waals surface area contributed by atoms with Gasteiger partial charge in [-0.3, -0.25) is 4.98 Å². The van der Waals surface area contributed by atoms with E-state index in [4.69, 9.17) is 4.74 Å². The summed E-state index contributed by atoms with van der Waals surface area (Å²) in [4.78, 5) is 16.1. The Morgan fingerprint density at radius 3 is 2.60 bits per heavy atom. The third kappa shape index (κ3) is 5.19. The Balaban J connectivity index is 1.91. The van der Waals surface area contributed by atoms with Crippen LogP contribution >= 0.6 is 0 Å². The number of carbonyl (C=O) groups excluding carboxylic acids is 1. The van der Waals surface area contributed by atoms with E-state index in [0.29, 0.717) is 5.75 Å². The lowest BCUT2D eigenvalue weighted by molar-refractivity contribution is 0.172. The van der Waals surface area contributed by atoms with Gasteiger partial charge in [0.1, 0.15) is 5.75 Å². The van der Waals surface area contributed by atoms with Crippen molar-refractivity contribution in [2.75, 3.05) is 13.7 Å². The van der Waals surface area contributed by atoms with Crippen LogP contribution in [0, 0.1) is 13.8 Å². The Morgan fingerprint density at radius 1 is 1.28 bits per heavy atom. The molecule has 3 N–H and O–H groups in total. The molecule has 1 aromatic heterocycles. The molecule has 0 bridgehead atoms. The van der Waals surface area contributed by atoms with Crippen LogP contribution in [0.4, 0.5) is 4.79 Å². The van der Waals surface area contributed by atoms with Crippen LogP contribution in [0.25, 0.3) is 0 Å². The first kappa shape index (κ1) is 18.7. The van der Waals surface area contributed by atoms with E-state index in [1.54, 1.807) is 25.6 Å². The molecule has 134 valence electrons. The van der Waals surface area contributed by atoms with Crippen molar-refractivity contribution < 1.29 is 14.6 Å². The molecule has 0 unspecified atom stereocenters. The van der Waals surface area contributed by atoms with Crippen LogP contribution in [0.5, 0.6) is 5.75 Å². The number of urea groups is 1. The van der Waals surface area contributed by atoms with Crippen molar-refractivity contribution in [3.8, 4) is 5.75 Å². The predicted octanol–water partition coefficient (Wildman–Crippen LogP) is 2.80. The van der Waals surface area contributed by atoms with Gasteiger partial charge in [0.2, 0.25) is 0 Å². The third-order valence-electron chi connectivity index (χ3n) is 3.94. The van der Waals surface area contributed by atoms with Crippen molar-refractivity contribution >= 4 is 6.03 Å². The first-order valence-corrected chi connectivity index (χ1v) is 8.19. The van der Waals surface area contributed by atoms with Gasteiger partial charge in [0.15, 0.2) is 0 Å². The van der Waals surface area contributed by atoms with Crippen molar-refractivity contribution in [3.63, 3.8) is 0 Å². The topological polar surface area (TPSA) is 83.5 Å². The Labute approximate surface area is 148 Å². The number of pyridine rings is 1. The fourth-order valence-electron chi connectivity index (χ4n) is 2.75. The number of rotatable bonds is 6. The van der Waals surface area contributed by atoms with Crippen LogP contribution in [0.3, 0.4) is 0 Å². The second-order valence-electron chi connectivity index (χ2n) is 6.13. The van der Waals surface area contributed by atoms with Crippen LogP contribution in [0.15, 0.2) is 36.7 Å². The van der Waals surface area contributed by atoms with E-state index in [1.165, 1.54) is 0 Å². The largest absolute Gasteiger partial charge is 0.495 e. The van der Waals surface area contributed by atoms with Gasteiger partial charge in [-0.15, -0.1) is 0 Å². The second kappa shape index (κ2) is 8.48. The molecule has 25 heavy (non-hydrogen) atoms. The molecular formula is C19H25N3O3. The number of ether oxygens (including phenoxy) is 1. The summed E-state index contributed by atoms with van der Waals surface area (Å²) in [5, 5.41) is 15.8. The molecule has 0 fully saturated rings. The number of nitrogens with zero attached hydrogens (tertiary/aromatic N) is 1. The molecule has 1 aromatic carbocycles. The number of amides is 2. The molecule has 2 aromatic rings. The SMILES string of the molecule is COc1cnccc1[C@H](C)NC(=O)NC[C@@H](O)c1cc(C)cc(C)c1. The Morgan fingerprint density at radius 2 is 1.96 bits per heavy atom. The van der Waals surface area contributed by atoms with Crippen molar-refractivity contribution in [2.24, 2.45) is 0 Å². The lowest BCUT2D eigenvalue weighted by Crippen LogP contribution is -2.39. The number of benzene rings is 1. The monoisotopic (exact) mass is 343 g/mol. The number of carbonyl (C=O) groups is 1. The van der Waals surface area contributed by atoms with Crippen LogP contribution < -0.4 is 15.4 Å². The number of methoxy groups -OCH3 is 1. The van der Waals surface area contributed by atoms with Gasteiger partial charge < -0.3 is 20.5 Å². The molecule has 2 atom stereocenters. The summed E-state index contributed by atoms with van der Waals surface area (Å²) in [5.41, 5.74) is 3.79. The maximum absolute atomic E-state index is 12.1. The number of nitrogens with one attached hydrogen (secondary N) is 2. The minimum atomic E-state index is -0.755. The second-order valence-corrected chi connectivity index (χ2v) is 6.13. The molecule has 0 spiro atoms. The zero-order valence-electron chi connectivity index (χ0n) is 15.0. The zero-order valence-corrected chi connectivity index (χ0v) is 15.0. The van der Waals surface area contributed by atoms with Gasteiger partial charge in [0, 0.05) is 18.3 Å². The molecule has 0 saturated carbocycles. The van der Waals surface area contributed by atoms with Crippen LogP contribution in [0.1, 0.15) is 41.3 Å². The van der Waals surface area contributed by atoms with Gasteiger partial charge in [0.05, 0.1) is 25.5 Å². The molecule has 6 heteroatoms. The highest BCUT2D eigenvalue weighted by molar-refractivity contribution is 5.74. The van der Waals surface area contributed by atoms with Crippen LogP contribution in [-0.4, -0.2) is 29.8 Å². The molecular weight excluding hydrogens is 318 g/mol. The standard InChI is InChI=1S/C19H25N3O3/c1-12-7-13(2)9-15(8-12)17(23)10-21-19(24)22-14(3)16-5-6-20-11-18(16)25-4/h5-9,11,14,17,23H,10H2,1-4H3,(H2,21,22,24)/t14-,17+/m0/s1. The van der Waals surface area contributed by atoms with Gasteiger partial charge in [-0.05, 0) is 32.4 Å². The summed E-state index contributed by atoms with van der Waals surface area (Å²) in [5.74, 6) is 0.616. The molecule has 0 saturated heterocycles. The average molecular weight is 343 g/mol. The van der Waals surface area contributed by atoms with Gasteiger partial charge in [0.25, 0.3) is 0 Å². The molecule has 2 amide bonds. The van der Waals surface area contributed by atoms with Crippen molar-refractivity contribution in [1.82, 2.24) is 15.6 Å². The van der Waals surface area contributed by atoms with E-state index in [9.17, 15) is 9.90 Å². The maximum Gasteiger partial charge on any atom is 0.315 e. The fourth-order valence-corrected chi connectivity index (χ4v) is 2.75. The highest BCUT2D eigenvalue weighted by atomic mass is 16.5. The molecule has 0 aliphatic carbocycles. The van der Waals surface area contributed by atoms with Crippen molar-refractivity contribution in [3.05, 3.63) is 58.9 Å². The Hall–Kier alpha value is -2.60. The van der Waals surface area contributed by atoms with E-state index in [1.807, 2.05) is 39.0 Å². The highest BCUT2D eigenvalue weighted by Crippen LogP contribution is 2.23. The van der Waals surface area contributed by atoms with Crippen LogP contribution in [-0.2, 0) is 0 Å². The number of aliphatic hydroxyl groups excluding tert-OH is 1. The van der Waals surface area contributed by atoms with Crippen molar-refractivity contribution in [1.29, 1.82) is 0 Å². The summed E-state index contributed by atoms with van der Waals surface area (Å²) < 4.78 is 5.25. The smallest absolute Gasteiger partial charge is 0.315 e. The third-order valence-corrected chi connectivity index (χ3v) is 3.94. The lowest BCUT2D eigenvalue weighted by Gasteiger charge is -2.18. The van der Waals surface area contributed by atoms with Gasteiger partial charge in [-0.25, -0.2) is 4.79 Å². The average Bonchev–Trinajstić information content (AvgIpc) is 2.58. The number of aryl methyl sites for hydroxylation is 2. The molecule has 2 rings (SSSR count). The normalized spacial score (nSPS) is 13.0. The van der Waals surface area contributed by atoms with Crippen molar-refractivity contribution in [2.45, 2.75) is 32.9 Å². The first-order valence-electron chi connectivity index (χ1n) is 8.19. The fraction of sp³-hybridized carbons (Fsp3) is 0.368. The van der Waals surface area contributed by atoms with E-state index >= 15 is 0 Å². The van der Waals surface area contributed by atoms with E-state index in [-0.39, 0.29) is 18.6 Å². The summed E-state index contributed by atoms with van der Waals surface area (Å²) in [6, 6.07) is 7.07. The van der Waals surface area contributed by atoms with Crippen LogP contribution in [0.2, 0.25) is 0 Å². The first-order chi connectivity index (χ1) is 11.9. The molecule has 0 radical (unpaired) electrons. The summed E-state index contributed by atoms with van der Waals surface area (Å²) in [6.45, 7) is 5.95. The summed E-state index contributed by atoms with van der Waals surface area (Å²) in [6.07, 6.45) is 2.50. The molecule has 0 aliphatic heterocycles. The zero-order chi connectivity index (χ0) is 18.4. The molecule has 6 nitrogen and oxygen atoms in total. The molecule has 1 heterocycles. The highest BCUT2D eigenvalue weighted by Gasteiger charge is 2.15. The Bertz CT molecular complexity index is 713. The molecule has 0 aliphatic rings. The lowest BCUT2D eigenvalue weighted by atomic mass is 10.0. The number of aromatic nitrogens is 1. The summed E-state index contributed by atoms with van der Waals surface area (Å²) >= 11 is 0. The Kier molecular flexibility index (Phi) is 6.36. The van der Waals surface area contributed by atoms with E-state index < -0.39 is 6.10 Å². The van der Waals surface area contributed by atoms with Gasteiger partial charge in [-0.1, -0.05) is 29.3 Å². The number of hydrogen-bond donors (Lipinski definition) is 3. The van der Waals surface area contributed by atoms with Gasteiger partial charge >= 0.3 is 6.03 Å². The summed E-state index contributed by atoms with van der Waals surface area (Å²) in [7, 11) is 1.56. The van der Waals surface area contributed by atoms with Gasteiger partial charge in [-0.2, -0.15) is 0 Å².